The summed E-state index contributed by atoms with van der Waals surface area (Å²) in [5, 5.41) is 22.6. The van der Waals surface area contributed by atoms with Crippen LogP contribution < -0.4 is 5.32 Å². The summed E-state index contributed by atoms with van der Waals surface area (Å²) in [7, 11) is 1.50. The number of fused-ring (bicyclic) bond motifs is 3. The molecule has 0 unspecified atom stereocenters. The normalized spacial score (nSPS) is 29.0. The van der Waals surface area contributed by atoms with Crippen LogP contribution in [0, 0.1) is 11.8 Å². The second-order valence-corrected chi connectivity index (χ2v) is 14.7. The van der Waals surface area contributed by atoms with Crippen LogP contribution in [0.4, 0.5) is 0 Å². The first-order chi connectivity index (χ1) is 27.3. The third-order valence-corrected chi connectivity index (χ3v) is 11.2. The number of esters is 1. The number of ether oxygens (including phenoxy) is 3. The standard InChI is InChI=1S/C42H44N6O8/c1-54-25-31-37(28-15-7-3-8-16-28)55-41(53)35-33-20-21-42(56-33)36(35)39(51)48(29(24-49)23-27-13-5-2-6-14-27)38(42)40(52)46(22-12-4-9-19-34(50)43-31)26-47-32-18-11-10-17-30(32)44-45-47/h2-8,10-18,20-21,29,31,33,35-38,49H,9,19,22-26H2,1H3,(H,43,50)/b12-4-/t29-,31+,33-,35+,36+,37+,38-,42+/m1/s1. The van der Waals surface area contributed by atoms with E-state index in [0.29, 0.717) is 23.0 Å². The Bertz CT molecular complexity index is 2140. The molecule has 8 atom stereocenters. The number of aliphatic hydroxyl groups excluding tert-OH is 1. The Morgan fingerprint density at radius 1 is 0.964 bits per heavy atom. The van der Waals surface area contributed by atoms with E-state index in [2.05, 4.69) is 15.6 Å². The average molecular weight is 761 g/mol. The molecule has 2 saturated heterocycles. The third-order valence-electron chi connectivity index (χ3n) is 11.2. The number of cyclic esters (lactones) is 1. The molecule has 14 heteroatoms. The van der Waals surface area contributed by atoms with Crippen LogP contribution in [0.3, 0.4) is 0 Å². The number of likely N-dealkylation sites (tertiary alicyclic amines) is 1. The number of amides is 3. The minimum atomic E-state index is -1.55. The Morgan fingerprint density at radius 2 is 1.71 bits per heavy atom. The van der Waals surface area contributed by atoms with Gasteiger partial charge in [-0.05, 0) is 36.1 Å². The predicted octanol–water partition coefficient (Wildman–Crippen LogP) is 2.74. The molecule has 14 nitrogen and oxygen atoms in total. The molecule has 0 radical (unpaired) electrons. The van der Waals surface area contributed by atoms with Crippen molar-refractivity contribution in [2.75, 3.05) is 26.9 Å². The van der Waals surface area contributed by atoms with E-state index in [1.165, 1.54) is 12.0 Å². The average Bonchev–Trinajstić information content (AvgIpc) is 3.98. The highest BCUT2D eigenvalue weighted by Crippen LogP contribution is 2.56. The van der Waals surface area contributed by atoms with Gasteiger partial charge in [0, 0.05) is 20.1 Å². The summed E-state index contributed by atoms with van der Waals surface area (Å²) in [5.41, 5.74) is 1.29. The molecule has 5 bridgehead atoms. The largest absolute Gasteiger partial charge is 0.455 e. The summed E-state index contributed by atoms with van der Waals surface area (Å²) >= 11 is 0. The molecule has 2 N–H and O–H groups in total. The number of allylic oxidation sites excluding steroid dienone is 1. The topological polar surface area (TPSA) is 165 Å². The number of carbonyl (C=O) groups is 4. The van der Waals surface area contributed by atoms with Gasteiger partial charge in [-0.25, -0.2) is 4.68 Å². The molecule has 4 aliphatic rings. The summed E-state index contributed by atoms with van der Waals surface area (Å²) < 4.78 is 20.1. The quantitative estimate of drug-likeness (QED) is 0.192. The van der Waals surface area contributed by atoms with Crippen LogP contribution in [0.1, 0.15) is 30.1 Å². The van der Waals surface area contributed by atoms with Gasteiger partial charge in [0.1, 0.15) is 35.9 Å². The van der Waals surface area contributed by atoms with Crippen molar-refractivity contribution in [1.29, 1.82) is 0 Å². The number of hydrogen-bond donors (Lipinski definition) is 2. The highest BCUT2D eigenvalue weighted by molar-refractivity contribution is 5.99. The van der Waals surface area contributed by atoms with E-state index in [9.17, 15) is 14.7 Å². The van der Waals surface area contributed by atoms with E-state index in [1.807, 2.05) is 84.9 Å². The number of para-hydroxylation sites is 1. The van der Waals surface area contributed by atoms with Crippen LogP contribution in [0.5, 0.6) is 0 Å². The molecule has 3 aromatic carbocycles. The molecule has 4 aliphatic heterocycles. The number of aromatic nitrogens is 3. The van der Waals surface area contributed by atoms with Crippen LogP contribution in [-0.4, -0.2) is 110 Å². The summed E-state index contributed by atoms with van der Waals surface area (Å²) in [4.78, 5) is 61.4. The van der Waals surface area contributed by atoms with Gasteiger partial charge in [0.2, 0.25) is 11.8 Å². The van der Waals surface area contributed by atoms with E-state index in [1.54, 1.807) is 33.9 Å². The monoisotopic (exact) mass is 760 g/mol. The first-order valence-electron chi connectivity index (χ1n) is 18.9. The molecule has 290 valence electrons. The van der Waals surface area contributed by atoms with E-state index < -0.39 is 72.2 Å². The highest BCUT2D eigenvalue weighted by Gasteiger charge is 2.74. The fraction of sp³-hybridized carbons (Fsp3) is 0.381. The van der Waals surface area contributed by atoms with E-state index >= 15 is 9.59 Å². The predicted molar refractivity (Wildman–Crippen MR) is 202 cm³/mol. The van der Waals surface area contributed by atoms with Crippen molar-refractivity contribution < 1.29 is 38.5 Å². The molecule has 56 heavy (non-hydrogen) atoms. The smallest absolute Gasteiger partial charge is 0.313 e. The molecule has 8 rings (SSSR count). The maximum absolute atomic E-state index is 15.3. The Hall–Kier alpha value is -5.70. The second kappa shape index (κ2) is 15.8. The van der Waals surface area contributed by atoms with Gasteiger partial charge in [-0.3, -0.25) is 19.2 Å². The number of aliphatic hydroxyl groups is 1. The molecule has 2 fully saturated rings. The van der Waals surface area contributed by atoms with Crippen LogP contribution in [0.25, 0.3) is 11.0 Å². The van der Waals surface area contributed by atoms with Crippen molar-refractivity contribution in [2.45, 2.75) is 61.9 Å². The van der Waals surface area contributed by atoms with Crippen molar-refractivity contribution in [3.05, 3.63) is 120 Å². The number of rotatable bonds is 9. The lowest BCUT2D eigenvalue weighted by molar-refractivity contribution is -0.163. The molecule has 1 spiro atoms. The van der Waals surface area contributed by atoms with Crippen LogP contribution >= 0.6 is 0 Å². The summed E-state index contributed by atoms with van der Waals surface area (Å²) in [6.07, 6.45) is 5.99. The van der Waals surface area contributed by atoms with E-state index in [0.717, 1.165) is 5.56 Å². The Kier molecular flexibility index (Phi) is 10.5. The summed E-state index contributed by atoms with van der Waals surface area (Å²) in [5.74, 6) is -4.21. The zero-order valence-electron chi connectivity index (χ0n) is 30.9. The Labute approximate surface area is 323 Å². The fourth-order valence-electron chi connectivity index (χ4n) is 8.69. The molecular formula is C42H44N6O8. The van der Waals surface area contributed by atoms with Gasteiger partial charge >= 0.3 is 5.97 Å². The number of nitrogens with zero attached hydrogens (tertiary/aromatic N) is 5. The van der Waals surface area contributed by atoms with Crippen molar-refractivity contribution in [3.63, 3.8) is 0 Å². The molecule has 4 aromatic rings. The van der Waals surface area contributed by atoms with Gasteiger partial charge in [-0.2, -0.15) is 0 Å². The lowest BCUT2D eigenvalue weighted by Gasteiger charge is -2.38. The molecule has 0 aliphatic carbocycles. The number of carbonyl (C=O) groups excluding carboxylic acids is 4. The van der Waals surface area contributed by atoms with E-state index in [4.69, 9.17) is 14.2 Å². The SMILES string of the molecule is COC[C@@H]1NC(=O)CC/C=C\CN(Cn2nnc3ccccc32)C(=O)[C@H]2N([C@@H](CO)Cc3ccccc3)C(=O)[C@@H]3[C@@H](C(=O)O[C@H]1c1ccccc1)[C@H]1C=C[C@]32O1. The first-order valence-corrected chi connectivity index (χ1v) is 18.9. The maximum Gasteiger partial charge on any atom is 0.313 e. The first kappa shape index (κ1) is 37.2. The Morgan fingerprint density at radius 3 is 2.48 bits per heavy atom. The fourth-order valence-corrected chi connectivity index (χ4v) is 8.69. The van der Waals surface area contributed by atoms with Crippen molar-refractivity contribution in [2.24, 2.45) is 11.8 Å². The maximum atomic E-state index is 15.3. The number of methoxy groups -OCH3 is 1. The zero-order chi connectivity index (χ0) is 38.8. The summed E-state index contributed by atoms with van der Waals surface area (Å²) in [6.45, 7) is -0.337. The van der Waals surface area contributed by atoms with Gasteiger partial charge in [-0.1, -0.05) is 102 Å². The Balaban J connectivity index is 1.24. The lowest BCUT2D eigenvalue weighted by Crippen LogP contribution is -2.59. The lowest BCUT2D eigenvalue weighted by atomic mass is 9.74. The van der Waals surface area contributed by atoms with E-state index in [-0.39, 0.29) is 38.6 Å². The molecular weight excluding hydrogens is 716 g/mol. The second-order valence-electron chi connectivity index (χ2n) is 14.7. The number of benzene rings is 3. The van der Waals surface area contributed by atoms with Gasteiger partial charge in [0.05, 0.1) is 42.8 Å². The molecule has 3 amide bonds. The van der Waals surface area contributed by atoms with Gasteiger partial charge < -0.3 is 34.4 Å². The van der Waals surface area contributed by atoms with Crippen molar-refractivity contribution in [3.8, 4) is 0 Å². The van der Waals surface area contributed by atoms with Gasteiger partial charge in [-0.15, -0.1) is 5.10 Å². The number of hydrogen-bond acceptors (Lipinski definition) is 10. The molecule has 1 aromatic heterocycles. The van der Waals surface area contributed by atoms with Gasteiger partial charge in [0.15, 0.2) is 0 Å². The zero-order valence-corrected chi connectivity index (χ0v) is 30.9. The summed E-state index contributed by atoms with van der Waals surface area (Å²) in [6, 6.07) is 23.0. The van der Waals surface area contributed by atoms with Gasteiger partial charge in [0.25, 0.3) is 5.91 Å². The number of nitrogens with one attached hydrogen (secondary N) is 1. The minimum Gasteiger partial charge on any atom is -0.455 e. The highest BCUT2D eigenvalue weighted by atomic mass is 16.6. The van der Waals surface area contributed by atoms with Crippen molar-refractivity contribution in [1.82, 2.24) is 30.1 Å². The third kappa shape index (κ3) is 6.77. The molecule has 0 saturated carbocycles. The van der Waals surface area contributed by atoms with Crippen molar-refractivity contribution >= 4 is 34.7 Å². The van der Waals surface area contributed by atoms with Crippen LogP contribution in [-0.2, 0) is 46.5 Å². The molecule has 5 heterocycles. The minimum absolute atomic E-state index is 0.0258. The van der Waals surface area contributed by atoms with Crippen LogP contribution in [0.15, 0.2) is 109 Å². The van der Waals surface area contributed by atoms with Crippen LogP contribution in [0.2, 0.25) is 0 Å².